The maximum absolute atomic E-state index is 2.67. The van der Waals surface area contributed by atoms with Crippen molar-refractivity contribution >= 4 is 0 Å². The first-order valence-electron chi connectivity index (χ1n) is 15.5. The molecule has 0 aromatic carbocycles. The van der Waals surface area contributed by atoms with E-state index in [1.165, 1.54) is 161 Å². The zero-order valence-electron chi connectivity index (χ0n) is 23.3. The lowest BCUT2D eigenvalue weighted by atomic mass is 10.0. The Kier molecular flexibility index (Phi) is 21.3. The van der Waals surface area contributed by atoms with Gasteiger partial charge in [-0.1, -0.05) is 143 Å². The Morgan fingerprint density at radius 2 is 0.727 bits per heavy atom. The largest absolute Gasteiger partial charge is 0.356 e. The van der Waals surface area contributed by atoms with Crippen molar-refractivity contribution in [2.75, 3.05) is 13.1 Å². The predicted molar refractivity (Wildman–Crippen MR) is 150 cm³/mol. The van der Waals surface area contributed by atoms with Crippen molar-refractivity contribution in [1.29, 1.82) is 0 Å². The first-order valence-corrected chi connectivity index (χ1v) is 15.5. The van der Waals surface area contributed by atoms with E-state index < -0.39 is 0 Å². The minimum Gasteiger partial charge on any atom is -0.356 e. The maximum atomic E-state index is 2.67. The Labute approximate surface area is 210 Å². The van der Waals surface area contributed by atoms with Crippen molar-refractivity contribution in [2.45, 2.75) is 175 Å². The molecule has 33 heavy (non-hydrogen) atoms. The summed E-state index contributed by atoms with van der Waals surface area (Å²) in [7, 11) is 0. The highest BCUT2D eigenvalue weighted by atomic mass is 15.4. The fourth-order valence-electron chi connectivity index (χ4n) is 5.28. The van der Waals surface area contributed by atoms with Crippen LogP contribution >= 0.6 is 0 Å². The van der Waals surface area contributed by atoms with Gasteiger partial charge in [0, 0.05) is 25.5 Å². The van der Waals surface area contributed by atoms with Gasteiger partial charge in [0.2, 0.25) is 0 Å². The van der Waals surface area contributed by atoms with E-state index in [1.807, 2.05) is 0 Å². The molecule has 0 spiro atoms. The van der Waals surface area contributed by atoms with E-state index in [2.05, 4.69) is 43.0 Å². The summed E-state index contributed by atoms with van der Waals surface area (Å²) >= 11 is 0. The second-order valence-corrected chi connectivity index (χ2v) is 10.8. The highest BCUT2D eigenvalue weighted by Crippen LogP contribution is 2.23. The summed E-state index contributed by atoms with van der Waals surface area (Å²) in [5, 5.41) is 0. The summed E-state index contributed by atoms with van der Waals surface area (Å²) in [6.07, 6.45) is 38.1. The molecule has 1 rings (SSSR count). The SMILES string of the molecule is CCCCCCCCCCCCC1N(CCCC)C=CN1CCCCCCCCCCCC. The summed E-state index contributed by atoms with van der Waals surface area (Å²) < 4.78 is 0. The minimum absolute atomic E-state index is 0.643. The van der Waals surface area contributed by atoms with Crippen LogP contribution in [0.1, 0.15) is 168 Å². The van der Waals surface area contributed by atoms with Gasteiger partial charge in [-0.25, -0.2) is 0 Å². The number of hydrogen-bond acceptors (Lipinski definition) is 2. The molecule has 1 unspecified atom stereocenters. The highest BCUT2D eigenvalue weighted by Gasteiger charge is 2.24. The Hall–Kier alpha value is -0.660. The molecule has 0 bridgehead atoms. The van der Waals surface area contributed by atoms with Gasteiger partial charge in [-0.3, -0.25) is 0 Å². The summed E-state index contributed by atoms with van der Waals surface area (Å²) in [5.74, 6) is 0. The Morgan fingerprint density at radius 3 is 1.15 bits per heavy atom. The molecule has 0 saturated carbocycles. The molecule has 1 aliphatic rings. The molecule has 1 heterocycles. The molecule has 0 amide bonds. The number of nitrogens with zero attached hydrogens (tertiary/aromatic N) is 2. The van der Waals surface area contributed by atoms with Crippen LogP contribution in [0.4, 0.5) is 0 Å². The molecular formula is C31H62N2. The van der Waals surface area contributed by atoms with E-state index in [0.717, 1.165) is 0 Å². The zero-order valence-corrected chi connectivity index (χ0v) is 23.3. The lowest BCUT2D eigenvalue weighted by molar-refractivity contribution is 0.136. The van der Waals surface area contributed by atoms with Crippen LogP contribution in [-0.4, -0.2) is 29.1 Å². The molecular weight excluding hydrogens is 400 g/mol. The smallest absolute Gasteiger partial charge is 0.101 e. The van der Waals surface area contributed by atoms with Crippen molar-refractivity contribution in [3.8, 4) is 0 Å². The monoisotopic (exact) mass is 462 g/mol. The lowest BCUT2D eigenvalue weighted by Gasteiger charge is -2.33. The van der Waals surface area contributed by atoms with Gasteiger partial charge in [-0.05, 0) is 25.7 Å². The van der Waals surface area contributed by atoms with E-state index in [4.69, 9.17) is 0 Å². The van der Waals surface area contributed by atoms with Crippen molar-refractivity contribution in [3.05, 3.63) is 12.4 Å². The molecule has 1 aliphatic heterocycles. The van der Waals surface area contributed by atoms with Crippen molar-refractivity contribution in [1.82, 2.24) is 9.80 Å². The van der Waals surface area contributed by atoms with E-state index in [9.17, 15) is 0 Å². The molecule has 0 fully saturated rings. The fraction of sp³-hybridized carbons (Fsp3) is 0.935. The summed E-state index contributed by atoms with van der Waals surface area (Å²) in [5.41, 5.74) is 0. The average Bonchev–Trinajstić information content (AvgIpc) is 3.21. The van der Waals surface area contributed by atoms with Crippen LogP contribution in [0.2, 0.25) is 0 Å². The standard InChI is InChI=1S/C31H62N2/c1-4-7-10-12-14-16-18-20-22-24-26-31-32(27-9-6-3)29-30-33(31)28-25-23-21-19-17-15-13-11-8-5-2/h29-31H,4-28H2,1-3H3. The molecule has 0 N–H and O–H groups in total. The average molecular weight is 463 g/mol. The van der Waals surface area contributed by atoms with Gasteiger partial charge < -0.3 is 9.80 Å². The van der Waals surface area contributed by atoms with Gasteiger partial charge in [-0.2, -0.15) is 0 Å². The summed E-state index contributed by atoms with van der Waals surface area (Å²) in [6, 6.07) is 0. The van der Waals surface area contributed by atoms with Crippen LogP contribution in [0.5, 0.6) is 0 Å². The number of unbranched alkanes of at least 4 members (excludes halogenated alkanes) is 19. The molecule has 0 aliphatic carbocycles. The van der Waals surface area contributed by atoms with Crippen LogP contribution in [0.25, 0.3) is 0 Å². The Balaban J connectivity index is 2.13. The predicted octanol–water partition coefficient (Wildman–Crippen LogP) is 10.4. The molecule has 0 radical (unpaired) electrons. The molecule has 0 aromatic rings. The number of hydrogen-bond donors (Lipinski definition) is 0. The molecule has 0 saturated heterocycles. The van der Waals surface area contributed by atoms with Crippen LogP contribution in [0, 0.1) is 0 Å². The van der Waals surface area contributed by atoms with Gasteiger partial charge in [0.25, 0.3) is 0 Å². The second kappa shape index (κ2) is 23.1. The van der Waals surface area contributed by atoms with E-state index >= 15 is 0 Å². The molecule has 2 heteroatoms. The fourth-order valence-corrected chi connectivity index (χ4v) is 5.28. The Bertz CT molecular complexity index is 419. The van der Waals surface area contributed by atoms with Crippen LogP contribution < -0.4 is 0 Å². The van der Waals surface area contributed by atoms with E-state index in [-0.39, 0.29) is 0 Å². The zero-order chi connectivity index (χ0) is 23.8. The van der Waals surface area contributed by atoms with E-state index in [1.54, 1.807) is 0 Å². The third-order valence-corrected chi connectivity index (χ3v) is 7.57. The number of rotatable bonds is 25. The van der Waals surface area contributed by atoms with Crippen molar-refractivity contribution < 1.29 is 0 Å². The van der Waals surface area contributed by atoms with Gasteiger partial charge in [0.15, 0.2) is 0 Å². The minimum atomic E-state index is 0.643. The van der Waals surface area contributed by atoms with Crippen LogP contribution in [-0.2, 0) is 0 Å². The van der Waals surface area contributed by atoms with Crippen molar-refractivity contribution in [2.24, 2.45) is 0 Å². The topological polar surface area (TPSA) is 6.48 Å². The van der Waals surface area contributed by atoms with Gasteiger partial charge >= 0.3 is 0 Å². The van der Waals surface area contributed by atoms with Crippen LogP contribution in [0.15, 0.2) is 12.4 Å². The lowest BCUT2D eigenvalue weighted by Crippen LogP contribution is -2.39. The van der Waals surface area contributed by atoms with Gasteiger partial charge in [0.1, 0.15) is 6.17 Å². The maximum Gasteiger partial charge on any atom is 0.101 e. The third kappa shape index (κ3) is 16.6. The van der Waals surface area contributed by atoms with Gasteiger partial charge in [0.05, 0.1) is 0 Å². The van der Waals surface area contributed by atoms with E-state index in [0.29, 0.717) is 6.17 Å². The highest BCUT2D eigenvalue weighted by molar-refractivity contribution is 4.96. The third-order valence-electron chi connectivity index (χ3n) is 7.57. The molecule has 1 atom stereocenters. The Morgan fingerprint density at radius 1 is 0.394 bits per heavy atom. The quantitative estimate of drug-likeness (QED) is 0.124. The summed E-state index contributed by atoms with van der Waals surface area (Å²) in [4.78, 5) is 5.32. The van der Waals surface area contributed by atoms with Crippen LogP contribution in [0.3, 0.4) is 0 Å². The second-order valence-electron chi connectivity index (χ2n) is 10.8. The molecule has 2 nitrogen and oxygen atoms in total. The normalized spacial score (nSPS) is 15.8. The van der Waals surface area contributed by atoms with Crippen molar-refractivity contribution in [3.63, 3.8) is 0 Å². The molecule has 0 aromatic heterocycles. The summed E-state index contributed by atoms with van der Waals surface area (Å²) in [6.45, 7) is 9.43. The molecule has 196 valence electrons. The first kappa shape index (κ1) is 30.4. The van der Waals surface area contributed by atoms with Gasteiger partial charge in [-0.15, -0.1) is 0 Å². The first-order chi connectivity index (χ1) is 16.3.